The molecule has 1 atom stereocenters. The van der Waals surface area contributed by atoms with Crippen LogP contribution in [0.4, 0.5) is 13.2 Å². The van der Waals surface area contributed by atoms with E-state index in [1.807, 2.05) is 6.92 Å². The fourth-order valence-corrected chi connectivity index (χ4v) is 4.15. The zero-order valence-electron chi connectivity index (χ0n) is 17.2. The number of carbonyl (C=O) groups is 1. The minimum Gasteiger partial charge on any atom is -0.340 e. The summed E-state index contributed by atoms with van der Waals surface area (Å²) in [6.45, 7) is 5.31. The van der Waals surface area contributed by atoms with Crippen molar-refractivity contribution in [1.29, 1.82) is 0 Å². The lowest BCUT2D eigenvalue weighted by atomic mass is 10.0. The Labute approximate surface area is 175 Å². The van der Waals surface area contributed by atoms with E-state index >= 15 is 0 Å². The number of sulfonamides is 1. The summed E-state index contributed by atoms with van der Waals surface area (Å²) in [5.74, 6) is -0.812. The predicted octanol–water partition coefficient (Wildman–Crippen LogP) is 3.98. The molecule has 0 saturated carbocycles. The van der Waals surface area contributed by atoms with E-state index in [4.69, 9.17) is 0 Å². The Morgan fingerprint density at radius 1 is 1.03 bits per heavy atom. The maximum atomic E-state index is 12.9. The first-order chi connectivity index (χ1) is 13.8. The Morgan fingerprint density at radius 3 is 2.03 bits per heavy atom. The molecule has 164 valence electrons. The van der Waals surface area contributed by atoms with Gasteiger partial charge in [-0.05, 0) is 42.7 Å². The quantitative estimate of drug-likeness (QED) is 0.706. The van der Waals surface area contributed by atoms with Gasteiger partial charge in [-0.25, -0.2) is 8.42 Å². The van der Waals surface area contributed by atoms with Crippen molar-refractivity contribution in [3.05, 3.63) is 65.2 Å². The number of nitrogens with zero attached hydrogens (tertiary/aromatic N) is 1. The maximum absolute atomic E-state index is 12.9. The third kappa shape index (κ3) is 6.06. The number of amides is 1. The zero-order chi connectivity index (χ0) is 22.7. The molecule has 0 bridgehead atoms. The van der Waals surface area contributed by atoms with Crippen molar-refractivity contribution in [3.63, 3.8) is 0 Å². The number of carbonyl (C=O) groups excluding carboxylic acids is 1. The van der Waals surface area contributed by atoms with Crippen molar-refractivity contribution in [3.8, 4) is 0 Å². The SMILES string of the molecule is Cc1ccc(S(=O)(=O)N[C@H](C(=O)N(C)Cc2ccc(C(F)(F)F)cc2)C(C)C)cc1. The van der Waals surface area contributed by atoms with Gasteiger partial charge in [0.15, 0.2) is 0 Å². The lowest BCUT2D eigenvalue weighted by molar-refractivity contribution is -0.137. The molecule has 0 aliphatic carbocycles. The number of alkyl halides is 3. The molecule has 2 aromatic carbocycles. The van der Waals surface area contributed by atoms with E-state index in [1.54, 1.807) is 26.0 Å². The molecule has 0 radical (unpaired) electrons. The van der Waals surface area contributed by atoms with Gasteiger partial charge in [0, 0.05) is 13.6 Å². The van der Waals surface area contributed by atoms with Crippen LogP contribution in [0.15, 0.2) is 53.4 Å². The highest BCUT2D eigenvalue weighted by atomic mass is 32.2. The summed E-state index contributed by atoms with van der Waals surface area (Å²) in [6, 6.07) is 9.74. The van der Waals surface area contributed by atoms with Crippen molar-refractivity contribution in [2.75, 3.05) is 7.05 Å². The molecule has 5 nitrogen and oxygen atoms in total. The topological polar surface area (TPSA) is 66.5 Å². The minimum absolute atomic E-state index is 0.0481. The second-order valence-electron chi connectivity index (χ2n) is 7.55. The van der Waals surface area contributed by atoms with Gasteiger partial charge in [-0.1, -0.05) is 43.7 Å². The molecule has 0 spiro atoms. The van der Waals surface area contributed by atoms with Crippen molar-refractivity contribution < 1.29 is 26.4 Å². The van der Waals surface area contributed by atoms with Crippen LogP contribution in [-0.4, -0.2) is 32.3 Å². The Hall–Kier alpha value is -2.39. The summed E-state index contributed by atoms with van der Waals surface area (Å²) < 4.78 is 65.9. The minimum atomic E-state index is -4.43. The Kier molecular flexibility index (Phi) is 7.31. The van der Waals surface area contributed by atoms with Crippen molar-refractivity contribution >= 4 is 15.9 Å². The van der Waals surface area contributed by atoms with E-state index < -0.39 is 33.7 Å². The molecule has 2 rings (SSSR count). The Balaban J connectivity index is 2.15. The van der Waals surface area contributed by atoms with Crippen LogP contribution in [0.1, 0.15) is 30.5 Å². The molecular formula is C21H25F3N2O3S. The van der Waals surface area contributed by atoms with Gasteiger partial charge in [0.25, 0.3) is 0 Å². The molecule has 0 heterocycles. The maximum Gasteiger partial charge on any atom is 0.416 e. The molecule has 0 aliphatic rings. The van der Waals surface area contributed by atoms with E-state index in [0.717, 1.165) is 17.7 Å². The number of benzene rings is 2. The van der Waals surface area contributed by atoms with Gasteiger partial charge in [-0.2, -0.15) is 17.9 Å². The Morgan fingerprint density at radius 2 is 1.57 bits per heavy atom. The lowest BCUT2D eigenvalue weighted by Crippen LogP contribution is -2.49. The smallest absolute Gasteiger partial charge is 0.340 e. The van der Waals surface area contributed by atoms with Gasteiger partial charge in [0.1, 0.15) is 6.04 Å². The van der Waals surface area contributed by atoms with Gasteiger partial charge in [0.05, 0.1) is 10.5 Å². The monoisotopic (exact) mass is 442 g/mol. The summed E-state index contributed by atoms with van der Waals surface area (Å²) in [4.78, 5) is 14.2. The molecule has 0 fully saturated rings. The van der Waals surface area contributed by atoms with Gasteiger partial charge in [-0.3, -0.25) is 4.79 Å². The Bertz CT molecular complexity index is 970. The second kappa shape index (κ2) is 9.18. The summed E-state index contributed by atoms with van der Waals surface area (Å²) in [6.07, 6.45) is -4.43. The number of rotatable bonds is 7. The molecule has 1 N–H and O–H groups in total. The summed E-state index contributed by atoms with van der Waals surface area (Å²) in [7, 11) is -2.44. The molecule has 9 heteroatoms. The first-order valence-corrected chi connectivity index (χ1v) is 10.8. The van der Waals surface area contributed by atoms with Gasteiger partial charge >= 0.3 is 6.18 Å². The summed E-state index contributed by atoms with van der Waals surface area (Å²) in [5.41, 5.74) is 0.635. The highest BCUT2D eigenvalue weighted by Gasteiger charge is 2.31. The number of hydrogen-bond acceptors (Lipinski definition) is 3. The van der Waals surface area contributed by atoms with Crippen molar-refractivity contribution in [2.45, 2.75) is 44.4 Å². The average molecular weight is 443 g/mol. The summed E-state index contributed by atoms with van der Waals surface area (Å²) >= 11 is 0. The van der Waals surface area contributed by atoms with Crippen LogP contribution in [-0.2, 0) is 27.5 Å². The van der Waals surface area contributed by atoms with E-state index in [9.17, 15) is 26.4 Å². The third-order valence-electron chi connectivity index (χ3n) is 4.62. The van der Waals surface area contributed by atoms with E-state index in [-0.39, 0.29) is 17.4 Å². The van der Waals surface area contributed by atoms with Crippen molar-refractivity contribution in [1.82, 2.24) is 9.62 Å². The fourth-order valence-electron chi connectivity index (χ4n) is 2.81. The van der Waals surface area contributed by atoms with E-state index in [1.165, 1.54) is 36.2 Å². The lowest BCUT2D eigenvalue weighted by Gasteiger charge is -2.27. The molecule has 1 amide bonds. The van der Waals surface area contributed by atoms with Crippen LogP contribution in [0.25, 0.3) is 0 Å². The third-order valence-corrected chi connectivity index (χ3v) is 6.08. The highest BCUT2D eigenvalue weighted by Crippen LogP contribution is 2.29. The molecule has 2 aromatic rings. The van der Waals surface area contributed by atoms with Crippen LogP contribution in [0.2, 0.25) is 0 Å². The molecular weight excluding hydrogens is 417 g/mol. The fraction of sp³-hybridized carbons (Fsp3) is 0.381. The van der Waals surface area contributed by atoms with Gasteiger partial charge in [-0.15, -0.1) is 0 Å². The van der Waals surface area contributed by atoms with Gasteiger partial charge in [0.2, 0.25) is 15.9 Å². The highest BCUT2D eigenvalue weighted by molar-refractivity contribution is 7.89. The predicted molar refractivity (Wildman–Crippen MR) is 108 cm³/mol. The first-order valence-electron chi connectivity index (χ1n) is 9.31. The van der Waals surface area contributed by atoms with Crippen LogP contribution in [0, 0.1) is 12.8 Å². The zero-order valence-corrected chi connectivity index (χ0v) is 18.0. The molecule has 0 aromatic heterocycles. The number of aryl methyl sites for hydroxylation is 1. The number of halogens is 3. The molecule has 30 heavy (non-hydrogen) atoms. The number of likely N-dealkylation sites (N-methyl/N-ethyl adjacent to an activating group) is 1. The van der Waals surface area contributed by atoms with Gasteiger partial charge < -0.3 is 4.90 Å². The van der Waals surface area contributed by atoms with Crippen LogP contribution in [0.5, 0.6) is 0 Å². The van der Waals surface area contributed by atoms with E-state index in [2.05, 4.69) is 4.72 Å². The first kappa shape index (κ1) is 23.9. The van der Waals surface area contributed by atoms with Crippen LogP contribution < -0.4 is 4.72 Å². The van der Waals surface area contributed by atoms with Crippen LogP contribution >= 0.6 is 0 Å². The number of hydrogen-bond donors (Lipinski definition) is 1. The number of nitrogens with one attached hydrogen (secondary N) is 1. The van der Waals surface area contributed by atoms with Crippen LogP contribution in [0.3, 0.4) is 0 Å². The normalized spacial score (nSPS) is 13.3. The largest absolute Gasteiger partial charge is 0.416 e. The molecule has 0 saturated heterocycles. The standard InChI is InChI=1S/C21H25F3N2O3S/c1-14(2)19(25-30(28,29)18-11-5-15(3)6-12-18)20(27)26(4)13-16-7-9-17(10-8-16)21(22,23)24/h5-12,14,19,25H,13H2,1-4H3/t19-/m0/s1. The average Bonchev–Trinajstić information content (AvgIpc) is 2.65. The molecule has 0 unspecified atom stereocenters. The van der Waals surface area contributed by atoms with E-state index in [0.29, 0.717) is 5.56 Å². The summed E-state index contributed by atoms with van der Waals surface area (Å²) in [5, 5.41) is 0. The second-order valence-corrected chi connectivity index (χ2v) is 9.26. The molecule has 0 aliphatic heterocycles. The van der Waals surface area contributed by atoms with Crippen molar-refractivity contribution in [2.24, 2.45) is 5.92 Å².